The van der Waals surface area contributed by atoms with Crippen LogP contribution in [0.5, 0.6) is 0 Å². The quantitative estimate of drug-likeness (QED) is 0.507. The molecule has 1 N–H and O–H groups in total. The Bertz CT molecular complexity index is 1010. The van der Waals surface area contributed by atoms with E-state index in [0.717, 1.165) is 25.3 Å². The first kappa shape index (κ1) is 24.9. The molecule has 1 atom stereocenters. The van der Waals surface area contributed by atoms with Crippen LogP contribution in [-0.2, 0) is 10.9 Å². The Labute approximate surface area is 193 Å². The van der Waals surface area contributed by atoms with Gasteiger partial charge in [0.15, 0.2) is 0 Å². The number of rotatable bonds is 4. The Kier molecular flexibility index (Phi) is 7.55. The van der Waals surface area contributed by atoms with E-state index in [2.05, 4.69) is 16.4 Å². The normalized spacial score (nSPS) is 17.7. The van der Waals surface area contributed by atoms with Gasteiger partial charge in [0, 0.05) is 30.7 Å². The van der Waals surface area contributed by atoms with Crippen molar-refractivity contribution >= 4 is 22.7 Å². The van der Waals surface area contributed by atoms with Gasteiger partial charge in [-0.25, -0.2) is 9.78 Å². The van der Waals surface area contributed by atoms with E-state index in [4.69, 9.17) is 4.74 Å². The third-order valence-electron chi connectivity index (χ3n) is 5.54. The van der Waals surface area contributed by atoms with Crippen LogP contribution in [0.4, 0.5) is 23.8 Å². The Morgan fingerprint density at radius 1 is 1.18 bits per heavy atom. The van der Waals surface area contributed by atoms with E-state index in [-0.39, 0.29) is 17.5 Å². The predicted molar refractivity (Wildman–Crippen MR) is 124 cm³/mol. The fraction of sp³-hybridized carbons (Fsp3) is 0.520. The number of carbonyl (C=O) groups is 1. The minimum absolute atomic E-state index is 0.0182. The molecule has 1 aromatic heterocycles. The summed E-state index contributed by atoms with van der Waals surface area (Å²) in [5.41, 5.74) is 0.104. The number of fused-ring (bicyclic) bond motifs is 1. The lowest BCUT2D eigenvalue weighted by Crippen LogP contribution is -2.37. The van der Waals surface area contributed by atoms with Gasteiger partial charge in [0.25, 0.3) is 0 Å². The average molecular weight is 464 g/mol. The summed E-state index contributed by atoms with van der Waals surface area (Å²) < 4.78 is 45.5. The molecule has 2 heterocycles. The number of pyridine rings is 1. The molecule has 0 bridgehead atoms. The molecule has 2 aromatic rings. The maximum atomic E-state index is 13.3. The molecule has 1 aromatic carbocycles. The lowest BCUT2D eigenvalue weighted by atomic mass is 10.0. The third-order valence-corrected chi connectivity index (χ3v) is 5.54. The lowest BCUT2D eigenvalue weighted by molar-refractivity contribution is -0.136. The molecule has 33 heavy (non-hydrogen) atoms. The summed E-state index contributed by atoms with van der Waals surface area (Å²) in [4.78, 5) is 18.4. The Hall–Kier alpha value is -2.77. The van der Waals surface area contributed by atoms with Crippen molar-refractivity contribution in [3.05, 3.63) is 47.7 Å². The summed E-state index contributed by atoms with van der Waals surface area (Å²) in [5.74, 6) is 0.446. The zero-order valence-corrected chi connectivity index (χ0v) is 19.6. The summed E-state index contributed by atoms with van der Waals surface area (Å²) in [6.45, 7) is 8.84. The van der Waals surface area contributed by atoms with Crippen LogP contribution in [0, 0.1) is 0 Å². The summed E-state index contributed by atoms with van der Waals surface area (Å²) in [6, 6.07) is 5.54. The number of amides is 1. The van der Waals surface area contributed by atoms with Crippen LogP contribution in [0.2, 0.25) is 0 Å². The van der Waals surface area contributed by atoms with Crippen molar-refractivity contribution in [3.8, 4) is 0 Å². The van der Waals surface area contributed by atoms with Crippen molar-refractivity contribution in [1.29, 1.82) is 0 Å². The summed E-state index contributed by atoms with van der Waals surface area (Å²) >= 11 is 0. The third kappa shape index (κ3) is 6.85. The molecule has 1 aliphatic rings. The minimum Gasteiger partial charge on any atom is -0.444 e. The largest absolute Gasteiger partial charge is 0.444 e. The van der Waals surface area contributed by atoms with Crippen molar-refractivity contribution in [2.45, 2.75) is 71.2 Å². The summed E-state index contributed by atoms with van der Waals surface area (Å²) in [5, 5.41) is 3.85. The van der Waals surface area contributed by atoms with Gasteiger partial charge in [-0.3, -0.25) is 0 Å². The first-order valence-electron chi connectivity index (χ1n) is 11.3. The molecule has 1 fully saturated rings. The zero-order chi connectivity index (χ0) is 24.2. The molecule has 1 saturated heterocycles. The fourth-order valence-corrected chi connectivity index (χ4v) is 3.93. The Morgan fingerprint density at radius 3 is 2.64 bits per heavy atom. The Morgan fingerprint density at radius 2 is 1.94 bits per heavy atom. The highest BCUT2D eigenvalue weighted by Gasteiger charge is 2.32. The highest BCUT2D eigenvalue weighted by molar-refractivity contribution is 5.94. The number of alkyl halides is 3. The fourth-order valence-electron chi connectivity index (χ4n) is 3.93. The number of anilines is 1. The van der Waals surface area contributed by atoms with Crippen LogP contribution >= 0.6 is 0 Å². The highest BCUT2D eigenvalue weighted by atomic mass is 19.4. The van der Waals surface area contributed by atoms with Crippen LogP contribution in [0.3, 0.4) is 0 Å². The number of likely N-dealkylation sites (tertiary alicyclic amines) is 1. The number of nitrogens with one attached hydrogen (secondary N) is 1. The molecule has 0 unspecified atom stereocenters. The van der Waals surface area contributed by atoms with Crippen LogP contribution in [0.25, 0.3) is 10.8 Å². The zero-order valence-electron chi connectivity index (χ0n) is 19.6. The molecule has 180 valence electrons. The number of ether oxygens (including phenoxy) is 1. The molecule has 5 nitrogen and oxygen atoms in total. The number of halogens is 3. The second-order valence-electron chi connectivity index (χ2n) is 9.52. The molecule has 0 spiro atoms. The van der Waals surface area contributed by atoms with E-state index in [9.17, 15) is 18.0 Å². The van der Waals surface area contributed by atoms with E-state index in [1.807, 2.05) is 27.7 Å². The summed E-state index contributed by atoms with van der Waals surface area (Å²) in [7, 11) is 0. The molecule has 3 rings (SSSR count). The number of nitrogens with zero attached hydrogens (tertiary/aromatic N) is 2. The molecule has 8 heteroatoms. The van der Waals surface area contributed by atoms with Crippen LogP contribution < -0.4 is 5.32 Å². The smallest absolute Gasteiger partial charge is 0.417 e. The van der Waals surface area contributed by atoms with Crippen molar-refractivity contribution in [1.82, 2.24) is 9.88 Å². The molecule has 1 amide bonds. The number of hydrogen-bond donors (Lipinski definition) is 1. The van der Waals surface area contributed by atoms with Crippen LogP contribution in [0.1, 0.15) is 58.9 Å². The van der Waals surface area contributed by atoms with Crippen LogP contribution in [-0.4, -0.2) is 40.7 Å². The topological polar surface area (TPSA) is 54.5 Å². The van der Waals surface area contributed by atoms with Crippen molar-refractivity contribution in [2.24, 2.45) is 0 Å². The van der Waals surface area contributed by atoms with E-state index in [0.29, 0.717) is 30.7 Å². The number of aromatic nitrogens is 1. The first-order valence-corrected chi connectivity index (χ1v) is 11.3. The average Bonchev–Trinajstić information content (AvgIpc) is 2.96. The van der Waals surface area contributed by atoms with Crippen molar-refractivity contribution in [2.75, 3.05) is 18.4 Å². The first-order chi connectivity index (χ1) is 15.4. The monoisotopic (exact) mass is 463 g/mol. The molecule has 0 saturated carbocycles. The van der Waals surface area contributed by atoms with E-state index in [1.54, 1.807) is 11.0 Å². The number of hydrogen-bond acceptors (Lipinski definition) is 4. The van der Waals surface area contributed by atoms with Gasteiger partial charge in [-0.15, -0.1) is 0 Å². The van der Waals surface area contributed by atoms with E-state index >= 15 is 0 Å². The number of carbonyl (C=O) groups excluding carboxylic acids is 1. The van der Waals surface area contributed by atoms with E-state index in [1.165, 1.54) is 23.9 Å². The molecular formula is C25H32F3N3O2. The predicted octanol–water partition coefficient (Wildman–Crippen LogP) is 6.79. The lowest BCUT2D eigenvalue weighted by Gasteiger charge is -2.26. The second-order valence-corrected chi connectivity index (χ2v) is 9.52. The van der Waals surface area contributed by atoms with Gasteiger partial charge in [0.2, 0.25) is 0 Å². The van der Waals surface area contributed by atoms with Crippen molar-refractivity contribution < 1.29 is 22.7 Å². The van der Waals surface area contributed by atoms with Crippen LogP contribution in [0.15, 0.2) is 42.1 Å². The molecule has 1 aliphatic heterocycles. The van der Waals surface area contributed by atoms with Crippen molar-refractivity contribution in [3.63, 3.8) is 0 Å². The minimum atomic E-state index is -4.42. The van der Waals surface area contributed by atoms with Gasteiger partial charge >= 0.3 is 12.3 Å². The van der Waals surface area contributed by atoms with Gasteiger partial charge in [0.05, 0.1) is 5.56 Å². The van der Waals surface area contributed by atoms with E-state index < -0.39 is 17.3 Å². The summed E-state index contributed by atoms with van der Waals surface area (Å²) in [6.07, 6.45) is 2.15. The van der Waals surface area contributed by atoms with Gasteiger partial charge in [-0.2, -0.15) is 13.2 Å². The maximum Gasteiger partial charge on any atom is 0.417 e. The molecular weight excluding hydrogens is 431 g/mol. The van der Waals surface area contributed by atoms with Gasteiger partial charge in [-0.05, 0) is 70.9 Å². The Balaban J connectivity index is 1.63. The maximum absolute atomic E-state index is 13.3. The van der Waals surface area contributed by atoms with Gasteiger partial charge in [-0.1, -0.05) is 23.8 Å². The number of benzene rings is 1. The van der Waals surface area contributed by atoms with Gasteiger partial charge in [0.1, 0.15) is 11.4 Å². The van der Waals surface area contributed by atoms with Gasteiger partial charge < -0.3 is 15.0 Å². The highest BCUT2D eigenvalue weighted by Crippen LogP contribution is 2.36. The molecule has 0 aliphatic carbocycles. The SMILES string of the molecule is C[C@@H](C/C=C1/CCCN(C(=O)OC(C)(C)C)CC1)Nc1nccc2c(C(F)(F)F)cccc12. The standard InChI is InChI=1S/C25H32F3N3O2/c1-17(10-11-18-7-6-15-31(16-13-18)23(32)33-24(2,3)4)30-22-20-8-5-9-21(25(26,27)28)19(20)12-14-29-22/h5,8-9,11-12,14,17H,6-7,10,13,15-16H2,1-4H3,(H,29,30)/b18-11-/t17-/m0/s1. The second kappa shape index (κ2) is 10.0. The molecule has 0 radical (unpaired) electrons.